The third kappa shape index (κ3) is 1.37. The van der Waals surface area contributed by atoms with Crippen molar-refractivity contribution in [1.29, 1.82) is 0 Å². The Kier molecular flexibility index (Phi) is 2.38. The lowest BCUT2D eigenvalue weighted by molar-refractivity contribution is 0.147. The fourth-order valence-corrected chi connectivity index (χ4v) is 2.75. The van der Waals surface area contributed by atoms with Gasteiger partial charge in [0.25, 0.3) is 0 Å². The van der Waals surface area contributed by atoms with Gasteiger partial charge in [-0.25, -0.2) is 0 Å². The van der Waals surface area contributed by atoms with Crippen LogP contribution < -0.4 is 0 Å². The topological polar surface area (TPSA) is 9.23 Å². The van der Waals surface area contributed by atoms with Crippen molar-refractivity contribution in [3.8, 4) is 0 Å². The van der Waals surface area contributed by atoms with E-state index in [0.29, 0.717) is 0 Å². The standard InChI is InChI=1S/C11H18O/c1-12-11-8-4-6-9-5-2-3-7-10(9)11/h8-10H,2-7H2,1H3/t9-,10-/m0/s1. The Morgan fingerprint density at radius 1 is 1.25 bits per heavy atom. The first-order valence-corrected chi connectivity index (χ1v) is 5.16. The number of fused-ring (bicyclic) bond motifs is 1. The van der Waals surface area contributed by atoms with Crippen molar-refractivity contribution >= 4 is 0 Å². The molecule has 0 aromatic heterocycles. The van der Waals surface area contributed by atoms with E-state index < -0.39 is 0 Å². The van der Waals surface area contributed by atoms with Gasteiger partial charge in [0.1, 0.15) is 0 Å². The summed E-state index contributed by atoms with van der Waals surface area (Å²) in [4.78, 5) is 0. The third-order valence-corrected chi connectivity index (χ3v) is 3.39. The minimum atomic E-state index is 0.775. The summed E-state index contributed by atoms with van der Waals surface area (Å²) in [6.45, 7) is 0. The molecule has 0 unspecified atom stereocenters. The van der Waals surface area contributed by atoms with E-state index in [1.54, 1.807) is 0 Å². The fourth-order valence-electron chi connectivity index (χ4n) is 2.75. The van der Waals surface area contributed by atoms with E-state index >= 15 is 0 Å². The van der Waals surface area contributed by atoms with Crippen LogP contribution >= 0.6 is 0 Å². The van der Waals surface area contributed by atoms with Crippen LogP contribution in [0.15, 0.2) is 11.8 Å². The summed E-state index contributed by atoms with van der Waals surface area (Å²) < 4.78 is 5.42. The molecule has 0 radical (unpaired) electrons. The maximum atomic E-state index is 5.42. The van der Waals surface area contributed by atoms with Crippen molar-refractivity contribution in [2.45, 2.75) is 38.5 Å². The molecule has 12 heavy (non-hydrogen) atoms. The van der Waals surface area contributed by atoms with Gasteiger partial charge in [-0.05, 0) is 37.7 Å². The molecule has 2 atom stereocenters. The van der Waals surface area contributed by atoms with Gasteiger partial charge in [0.05, 0.1) is 12.9 Å². The normalized spacial score (nSPS) is 35.2. The molecule has 0 bridgehead atoms. The lowest BCUT2D eigenvalue weighted by Crippen LogP contribution is -2.24. The first kappa shape index (κ1) is 8.15. The van der Waals surface area contributed by atoms with Crippen LogP contribution in [-0.4, -0.2) is 7.11 Å². The quantitative estimate of drug-likeness (QED) is 0.581. The van der Waals surface area contributed by atoms with E-state index in [2.05, 4.69) is 6.08 Å². The molecule has 0 saturated heterocycles. The fraction of sp³-hybridized carbons (Fsp3) is 0.818. The van der Waals surface area contributed by atoms with E-state index in [1.165, 1.54) is 44.3 Å². The minimum absolute atomic E-state index is 0.775. The number of ether oxygens (including phenoxy) is 1. The Morgan fingerprint density at radius 3 is 2.92 bits per heavy atom. The molecule has 2 rings (SSSR count). The largest absolute Gasteiger partial charge is 0.501 e. The SMILES string of the molecule is COC1=CCC[C@@H]2CCCC[C@H]12. The van der Waals surface area contributed by atoms with Crippen LogP contribution in [0, 0.1) is 11.8 Å². The van der Waals surface area contributed by atoms with Crippen molar-refractivity contribution in [2.24, 2.45) is 11.8 Å². The Bertz CT molecular complexity index is 183. The second-order valence-corrected chi connectivity index (χ2v) is 4.04. The van der Waals surface area contributed by atoms with Gasteiger partial charge in [-0.1, -0.05) is 12.8 Å². The van der Waals surface area contributed by atoms with Crippen LogP contribution in [0.3, 0.4) is 0 Å². The summed E-state index contributed by atoms with van der Waals surface area (Å²) in [6.07, 6.45) is 10.6. The summed E-state index contributed by atoms with van der Waals surface area (Å²) in [6, 6.07) is 0. The van der Waals surface area contributed by atoms with Gasteiger partial charge in [0, 0.05) is 5.92 Å². The summed E-state index contributed by atoms with van der Waals surface area (Å²) in [5.41, 5.74) is 0. The molecule has 1 heteroatoms. The number of rotatable bonds is 1. The third-order valence-electron chi connectivity index (χ3n) is 3.39. The summed E-state index contributed by atoms with van der Waals surface area (Å²) in [5.74, 6) is 3.00. The van der Waals surface area contributed by atoms with Gasteiger partial charge < -0.3 is 4.74 Å². The second kappa shape index (κ2) is 3.51. The zero-order chi connectivity index (χ0) is 8.39. The molecular formula is C11H18O. The average Bonchev–Trinajstić information content (AvgIpc) is 2.17. The Balaban J connectivity index is 2.09. The van der Waals surface area contributed by atoms with Crippen LogP contribution in [0.4, 0.5) is 0 Å². The summed E-state index contributed by atoms with van der Waals surface area (Å²) in [5, 5.41) is 0. The smallest absolute Gasteiger partial charge is 0.0949 e. The van der Waals surface area contributed by atoms with Gasteiger partial charge in [-0.2, -0.15) is 0 Å². The lowest BCUT2D eigenvalue weighted by atomic mass is 9.73. The summed E-state index contributed by atoms with van der Waals surface area (Å²) >= 11 is 0. The molecule has 0 aromatic rings. The molecule has 0 heterocycles. The van der Waals surface area contributed by atoms with Crippen molar-refractivity contribution in [2.75, 3.05) is 7.11 Å². The zero-order valence-corrected chi connectivity index (χ0v) is 7.88. The highest BCUT2D eigenvalue weighted by molar-refractivity contribution is 5.06. The van der Waals surface area contributed by atoms with Crippen molar-refractivity contribution in [1.82, 2.24) is 0 Å². The monoisotopic (exact) mass is 166 g/mol. The molecule has 0 N–H and O–H groups in total. The molecule has 0 aliphatic heterocycles. The highest BCUT2D eigenvalue weighted by Gasteiger charge is 2.30. The molecular weight excluding hydrogens is 148 g/mol. The highest BCUT2D eigenvalue weighted by Crippen LogP contribution is 2.40. The van der Waals surface area contributed by atoms with Crippen LogP contribution in [0.25, 0.3) is 0 Å². The van der Waals surface area contributed by atoms with E-state index in [9.17, 15) is 0 Å². The predicted molar refractivity (Wildman–Crippen MR) is 49.8 cm³/mol. The van der Waals surface area contributed by atoms with E-state index in [4.69, 9.17) is 4.74 Å². The first-order chi connectivity index (χ1) is 5.92. The molecule has 1 saturated carbocycles. The van der Waals surface area contributed by atoms with Crippen LogP contribution in [0.5, 0.6) is 0 Å². The predicted octanol–water partition coefficient (Wildman–Crippen LogP) is 3.12. The van der Waals surface area contributed by atoms with Gasteiger partial charge in [0.2, 0.25) is 0 Å². The molecule has 2 aliphatic carbocycles. The molecule has 0 amide bonds. The van der Waals surface area contributed by atoms with Gasteiger partial charge >= 0.3 is 0 Å². The number of methoxy groups -OCH3 is 1. The van der Waals surface area contributed by atoms with Crippen molar-refractivity contribution in [3.05, 3.63) is 11.8 Å². The van der Waals surface area contributed by atoms with Crippen molar-refractivity contribution < 1.29 is 4.74 Å². The number of hydrogen-bond donors (Lipinski definition) is 0. The maximum absolute atomic E-state index is 5.42. The first-order valence-electron chi connectivity index (χ1n) is 5.16. The van der Waals surface area contributed by atoms with Crippen LogP contribution in [-0.2, 0) is 4.74 Å². The average molecular weight is 166 g/mol. The van der Waals surface area contributed by atoms with Crippen LogP contribution in [0.1, 0.15) is 38.5 Å². The van der Waals surface area contributed by atoms with Gasteiger partial charge in [0.15, 0.2) is 0 Å². The van der Waals surface area contributed by atoms with Gasteiger partial charge in [-0.15, -0.1) is 0 Å². The van der Waals surface area contributed by atoms with E-state index in [1.807, 2.05) is 7.11 Å². The Morgan fingerprint density at radius 2 is 2.08 bits per heavy atom. The molecule has 1 nitrogen and oxygen atoms in total. The molecule has 1 fully saturated rings. The Hall–Kier alpha value is -0.460. The second-order valence-electron chi connectivity index (χ2n) is 4.04. The maximum Gasteiger partial charge on any atom is 0.0949 e. The van der Waals surface area contributed by atoms with Crippen molar-refractivity contribution in [3.63, 3.8) is 0 Å². The lowest BCUT2D eigenvalue weighted by Gasteiger charge is -2.35. The number of hydrogen-bond acceptors (Lipinski definition) is 1. The zero-order valence-electron chi connectivity index (χ0n) is 7.88. The number of allylic oxidation sites excluding steroid dienone is 2. The van der Waals surface area contributed by atoms with Gasteiger partial charge in [-0.3, -0.25) is 0 Å². The van der Waals surface area contributed by atoms with E-state index in [-0.39, 0.29) is 0 Å². The molecule has 0 aromatic carbocycles. The molecule has 68 valence electrons. The Labute approximate surface area is 74.8 Å². The molecule has 0 spiro atoms. The van der Waals surface area contributed by atoms with Crippen LogP contribution in [0.2, 0.25) is 0 Å². The minimum Gasteiger partial charge on any atom is -0.501 e. The molecule has 2 aliphatic rings. The van der Waals surface area contributed by atoms with E-state index in [0.717, 1.165) is 11.8 Å². The summed E-state index contributed by atoms with van der Waals surface area (Å²) in [7, 11) is 1.82. The highest BCUT2D eigenvalue weighted by atomic mass is 16.5.